The zero-order valence-corrected chi connectivity index (χ0v) is 14.1. The predicted octanol–water partition coefficient (Wildman–Crippen LogP) is 2.75. The number of benzene rings is 1. The third-order valence-electron chi connectivity index (χ3n) is 4.02. The van der Waals surface area contributed by atoms with Crippen LogP contribution in [0.4, 0.5) is 14.5 Å². The van der Waals surface area contributed by atoms with E-state index in [-0.39, 0.29) is 6.04 Å². The van der Waals surface area contributed by atoms with Gasteiger partial charge >= 0.3 is 0 Å². The topological polar surface area (TPSA) is 39.7 Å². The van der Waals surface area contributed by atoms with Gasteiger partial charge in [0.1, 0.15) is 11.6 Å². The first kappa shape index (κ1) is 17.5. The first-order valence-electron chi connectivity index (χ1n) is 8.16. The fourth-order valence-corrected chi connectivity index (χ4v) is 2.70. The molecular formula is C17H26F2N4. The molecule has 1 aliphatic heterocycles. The number of aliphatic imine (C=N–C) groups is 1. The van der Waals surface area contributed by atoms with Gasteiger partial charge < -0.3 is 15.5 Å². The zero-order valence-electron chi connectivity index (χ0n) is 14.1. The van der Waals surface area contributed by atoms with E-state index in [0.717, 1.165) is 38.0 Å². The van der Waals surface area contributed by atoms with Gasteiger partial charge in [-0.3, -0.25) is 4.99 Å². The normalized spacial score (nSPS) is 18.6. The van der Waals surface area contributed by atoms with Crippen molar-refractivity contribution in [3.05, 3.63) is 29.8 Å². The van der Waals surface area contributed by atoms with E-state index in [1.807, 2.05) is 4.90 Å². The molecule has 0 aromatic heterocycles. The van der Waals surface area contributed by atoms with E-state index in [4.69, 9.17) is 0 Å². The molecule has 1 heterocycles. The van der Waals surface area contributed by atoms with Gasteiger partial charge in [-0.25, -0.2) is 8.78 Å². The molecule has 1 atom stereocenters. The fourth-order valence-electron chi connectivity index (χ4n) is 2.70. The number of rotatable bonds is 5. The summed E-state index contributed by atoms with van der Waals surface area (Å²) in [4.78, 5) is 6.17. The van der Waals surface area contributed by atoms with Crippen LogP contribution in [0.15, 0.2) is 23.2 Å². The number of anilines is 1. The van der Waals surface area contributed by atoms with Crippen LogP contribution in [0, 0.1) is 17.6 Å². The van der Waals surface area contributed by atoms with Gasteiger partial charge in [0.15, 0.2) is 5.96 Å². The molecule has 2 rings (SSSR count). The molecule has 4 nitrogen and oxygen atoms in total. The van der Waals surface area contributed by atoms with Crippen LogP contribution in [0.2, 0.25) is 0 Å². The molecule has 0 bridgehead atoms. The van der Waals surface area contributed by atoms with Crippen LogP contribution in [0.5, 0.6) is 0 Å². The van der Waals surface area contributed by atoms with Crippen LogP contribution in [-0.4, -0.2) is 38.7 Å². The lowest BCUT2D eigenvalue weighted by molar-refractivity contribution is 0.567. The van der Waals surface area contributed by atoms with Crippen LogP contribution in [0.1, 0.15) is 26.7 Å². The van der Waals surface area contributed by atoms with Crippen LogP contribution >= 0.6 is 0 Å². The highest BCUT2D eigenvalue weighted by Gasteiger charge is 2.25. The van der Waals surface area contributed by atoms with Crippen molar-refractivity contribution in [1.82, 2.24) is 10.6 Å². The number of halogens is 2. The summed E-state index contributed by atoms with van der Waals surface area (Å²) in [6.45, 7) is 6.66. The summed E-state index contributed by atoms with van der Waals surface area (Å²) in [7, 11) is 1.75. The number of nitrogens with one attached hydrogen (secondary N) is 2. The molecular weight excluding hydrogens is 298 g/mol. The van der Waals surface area contributed by atoms with Crippen molar-refractivity contribution in [2.24, 2.45) is 10.9 Å². The molecule has 0 aliphatic carbocycles. The Hall–Kier alpha value is -1.85. The third kappa shape index (κ3) is 5.08. The van der Waals surface area contributed by atoms with Crippen molar-refractivity contribution in [1.29, 1.82) is 0 Å². The van der Waals surface area contributed by atoms with Gasteiger partial charge in [0, 0.05) is 38.8 Å². The summed E-state index contributed by atoms with van der Waals surface area (Å²) in [5.74, 6) is 0.362. The molecule has 1 unspecified atom stereocenters. The summed E-state index contributed by atoms with van der Waals surface area (Å²) in [5.41, 5.74) is 0.457. The van der Waals surface area contributed by atoms with E-state index in [1.165, 1.54) is 12.1 Å². The molecule has 6 heteroatoms. The Kier molecular flexibility index (Phi) is 6.19. The molecule has 128 valence electrons. The van der Waals surface area contributed by atoms with Crippen LogP contribution in [-0.2, 0) is 0 Å². The molecule has 0 radical (unpaired) electrons. The van der Waals surface area contributed by atoms with Gasteiger partial charge in [-0.05, 0) is 30.9 Å². The minimum Gasteiger partial charge on any atom is -0.367 e. The second kappa shape index (κ2) is 8.13. The number of nitrogens with zero attached hydrogens (tertiary/aromatic N) is 2. The Morgan fingerprint density at radius 1 is 1.39 bits per heavy atom. The smallest absolute Gasteiger partial charge is 0.191 e. The summed E-state index contributed by atoms with van der Waals surface area (Å²) in [6, 6.07) is 3.93. The lowest BCUT2D eigenvalue weighted by atomic mass is 10.1. The molecule has 1 aromatic rings. The Morgan fingerprint density at radius 2 is 2.17 bits per heavy atom. The predicted molar refractivity (Wildman–Crippen MR) is 90.9 cm³/mol. The standard InChI is InChI=1S/C17H26F2N4/c1-12(2)6-8-21-17(20-3)22-14-7-9-23(11-14)16-5-4-13(18)10-15(16)19/h4-5,10,12,14H,6-9,11H2,1-3H3,(H2,20,21,22). The average Bonchev–Trinajstić information content (AvgIpc) is 2.94. The van der Waals surface area contributed by atoms with Crippen molar-refractivity contribution in [2.75, 3.05) is 31.6 Å². The van der Waals surface area contributed by atoms with E-state index in [1.54, 1.807) is 7.05 Å². The Morgan fingerprint density at radius 3 is 2.83 bits per heavy atom. The molecule has 2 N–H and O–H groups in total. The molecule has 0 spiro atoms. The molecule has 1 saturated heterocycles. The first-order valence-corrected chi connectivity index (χ1v) is 8.16. The maximum absolute atomic E-state index is 13.9. The quantitative estimate of drug-likeness (QED) is 0.646. The van der Waals surface area contributed by atoms with E-state index in [2.05, 4.69) is 29.5 Å². The molecule has 23 heavy (non-hydrogen) atoms. The highest BCUT2D eigenvalue weighted by molar-refractivity contribution is 5.80. The number of hydrogen-bond donors (Lipinski definition) is 2. The lowest BCUT2D eigenvalue weighted by Crippen LogP contribution is -2.45. The third-order valence-corrected chi connectivity index (χ3v) is 4.02. The molecule has 0 amide bonds. The maximum atomic E-state index is 13.9. The summed E-state index contributed by atoms with van der Waals surface area (Å²) >= 11 is 0. The Balaban J connectivity index is 1.87. The van der Waals surface area contributed by atoms with Crippen molar-refractivity contribution in [2.45, 2.75) is 32.7 Å². The van der Waals surface area contributed by atoms with Gasteiger partial charge in [0.2, 0.25) is 0 Å². The number of hydrogen-bond acceptors (Lipinski definition) is 2. The minimum absolute atomic E-state index is 0.199. The highest BCUT2D eigenvalue weighted by atomic mass is 19.1. The monoisotopic (exact) mass is 324 g/mol. The highest BCUT2D eigenvalue weighted by Crippen LogP contribution is 2.24. The van der Waals surface area contributed by atoms with Crippen molar-refractivity contribution in [3.63, 3.8) is 0 Å². The fraction of sp³-hybridized carbons (Fsp3) is 0.588. The maximum Gasteiger partial charge on any atom is 0.191 e. The average molecular weight is 324 g/mol. The van der Waals surface area contributed by atoms with Gasteiger partial charge in [-0.15, -0.1) is 0 Å². The summed E-state index contributed by atoms with van der Waals surface area (Å²) in [5, 5.41) is 6.67. The van der Waals surface area contributed by atoms with Crippen molar-refractivity contribution in [3.8, 4) is 0 Å². The van der Waals surface area contributed by atoms with E-state index in [9.17, 15) is 8.78 Å². The van der Waals surface area contributed by atoms with Gasteiger partial charge in [0.25, 0.3) is 0 Å². The van der Waals surface area contributed by atoms with E-state index < -0.39 is 11.6 Å². The molecule has 1 aromatic carbocycles. The van der Waals surface area contributed by atoms with Crippen molar-refractivity contribution < 1.29 is 8.78 Å². The van der Waals surface area contributed by atoms with Crippen molar-refractivity contribution >= 4 is 11.6 Å². The van der Waals surface area contributed by atoms with Gasteiger partial charge in [-0.1, -0.05) is 13.8 Å². The summed E-state index contributed by atoms with van der Waals surface area (Å²) in [6.07, 6.45) is 1.97. The second-order valence-corrected chi connectivity index (χ2v) is 6.35. The molecule has 1 aliphatic rings. The van der Waals surface area contributed by atoms with E-state index in [0.29, 0.717) is 18.2 Å². The van der Waals surface area contributed by atoms with E-state index >= 15 is 0 Å². The van der Waals surface area contributed by atoms with Crippen LogP contribution in [0.25, 0.3) is 0 Å². The molecule has 0 saturated carbocycles. The largest absolute Gasteiger partial charge is 0.367 e. The zero-order chi connectivity index (χ0) is 16.8. The Labute approximate surface area is 137 Å². The first-order chi connectivity index (χ1) is 11.0. The summed E-state index contributed by atoms with van der Waals surface area (Å²) < 4.78 is 26.9. The SMILES string of the molecule is CN=C(NCCC(C)C)NC1CCN(c2ccc(F)cc2F)C1. The van der Waals surface area contributed by atoms with Crippen LogP contribution in [0.3, 0.4) is 0 Å². The Bertz CT molecular complexity index is 545. The van der Waals surface area contributed by atoms with Gasteiger partial charge in [-0.2, -0.15) is 0 Å². The number of guanidine groups is 1. The minimum atomic E-state index is -0.546. The second-order valence-electron chi connectivity index (χ2n) is 6.35. The van der Waals surface area contributed by atoms with Gasteiger partial charge in [0.05, 0.1) is 5.69 Å². The van der Waals surface area contributed by atoms with Crippen LogP contribution < -0.4 is 15.5 Å². The lowest BCUT2D eigenvalue weighted by Gasteiger charge is -2.21. The molecule has 1 fully saturated rings.